The number of nitrogen functional groups attached to an aromatic ring is 2. The van der Waals surface area contributed by atoms with E-state index in [0.29, 0.717) is 11.2 Å². The first-order chi connectivity index (χ1) is 20.5. The van der Waals surface area contributed by atoms with Gasteiger partial charge in [-0.3, -0.25) is 32.5 Å². The van der Waals surface area contributed by atoms with Crippen molar-refractivity contribution in [2.75, 3.05) is 24.7 Å². The highest BCUT2D eigenvalue weighted by molar-refractivity contribution is 8.44. The standard InChI is InChI=1S/C20H26N10O9P2S2/c21-15-13-16(24-5-23-15)29(6-25-13)12-2-9(38-40(33)42)11(37-12)4-35-41(34,43)39-10-1-8(3-31)36-19(10)30-7-26-14-17(30)27-20(22)28-18(14)32/h5-12,19,31,40H,1-4H2,(H,33,42)(H,34,43)(H2,21,23,24)(H3,22,27,28,32)/t8-,9-,10-,11+,12+,19+,41?/m0/s1. The number of fused-ring (bicyclic) bond motifs is 2. The number of thiol groups is 2. The van der Waals surface area contributed by atoms with Gasteiger partial charge in [0.15, 0.2) is 28.9 Å². The lowest BCUT2D eigenvalue weighted by atomic mass is 10.2. The first-order valence-electron chi connectivity index (χ1n) is 12.7. The van der Waals surface area contributed by atoms with Gasteiger partial charge in [-0.1, -0.05) is 24.5 Å². The fourth-order valence-electron chi connectivity index (χ4n) is 5.03. The van der Waals surface area contributed by atoms with Gasteiger partial charge < -0.3 is 30.6 Å². The van der Waals surface area contributed by atoms with Crippen molar-refractivity contribution in [2.24, 2.45) is 0 Å². The van der Waals surface area contributed by atoms with Gasteiger partial charge in [-0.15, -0.1) is 0 Å². The summed E-state index contributed by atoms with van der Waals surface area (Å²) < 4.78 is 57.2. The molecule has 4 aromatic heterocycles. The van der Waals surface area contributed by atoms with Crippen LogP contribution in [0.1, 0.15) is 25.3 Å². The van der Waals surface area contributed by atoms with E-state index >= 15 is 0 Å². The molecule has 19 nitrogen and oxygen atoms in total. The average Bonchev–Trinajstić information content (AvgIpc) is 3.72. The maximum absolute atomic E-state index is 13.4. The molecule has 2 aliphatic heterocycles. The first-order valence-corrected chi connectivity index (χ1v) is 18.0. The summed E-state index contributed by atoms with van der Waals surface area (Å²) in [5.74, 6) is 0.0435. The van der Waals surface area contributed by atoms with Gasteiger partial charge in [0.1, 0.15) is 30.3 Å². The van der Waals surface area contributed by atoms with Crippen molar-refractivity contribution < 1.29 is 37.3 Å². The molecule has 2 aliphatic rings. The van der Waals surface area contributed by atoms with Crippen molar-refractivity contribution in [2.45, 2.75) is 49.7 Å². The zero-order chi connectivity index (χ0) is 30.5. The van der Waals surface area contributed by atoms with E-state index in [1.54, 1.807) is 4.57 Å². The molecule has 8 atom stereocenters. The Hall–Kier alpha value is -2.58. The molecule has 2 unspecified atom stereocenters. The maximum Gasteiger partial charge on any atom is 0.386 e. The van der Waals surface area contributed by atoms with Crippen molar-refractivity contribution >= 4 is 72.6 Å². The molecule has 0 spiro atoms. The molecule has 6 heterocycles. The number of rotatable bonds is 10. The van der Waals surface area contributed by atoms with Gasteiger partial charge in [-0.25, -0.2) is 24.5 Å². The monoisotopic (exact) mass is 676 g/mol. The first kappa shape index (κ1) is 30.4. The lowest BCUT2D eigenvalue weighted by molar-refractivity contribution is -0.0503. The van der Waals surface area contributed by atoms with Crippen molar-refractivity contribution in [1.82, 2.24) is 39.0 Å². The molecule has 6 N–H and O–H groups in total. The molecule has 232 valence electrons. The minimum Gasteiger partial charge on any atom is -0.394 e. The number of aromatic nitrogens is 8. The topological polar surface area (TPSA) is 260 Å². The molecule has 2 fully saturated rings. The van der Waals surface area contributed by atoms with Gasteiger partial charge in [-0.05, 0) is 0 Å². The van der Waals surface area contributed by atoms with E-state index in [-0.39, 0.29) is 49.0 Å². The third-order valence-corrected chi connectivity index (χ3v) is 9.34. The van der Waals surface area contributed by atoms with Crippen LogP contribution >= 0.6 is 38.5 Å². The molecule has 0 aromatic carbocycles. The van der Waals surface area contributed by atoms with Crippen LogP contribution in [0.25, 0.3) is 22.3 Å². The predicted octanol–water partition coefficient (Wildman–Crippen LogP) is 0.836. The Morgan fingerprint density at radius 2 is 1.88 bits per heavy atom. The van der Waals surface area contributed by atoms with Crippen LogP contribution in [0.5, 0.6) is 0 Å². The van der Waals surface area contributed by atoms with Crippen molar-refractivity contribution in [3.8, 4) is 0 Å². The van der Waals surface area contributed by atoms with Crippen LogP contribution in [0.2, 0.25) is 0 Å². The van der Waals surface area contributed by atoms with E-state index in [9.17, 15) is 19.0 Å². The van der Waals surface area contributed by atoms with E-state index in [0.717, 1.165) is 0 Å². The minimum atomic E-state index is -4.13. The Labute approximate surface area is 252 Å². The number of nitrogens with one attached hydrogen (secondary N) is 1. The molecule has 0 radical (unpaired) electrons. The van der Waals surface area contributed by atoms with Crippen LogP contribution in [0, 0.1) is 0 Å². The van der Waals surface area contributed by atoms with E-state index in [4.69, 9.17) is 34.5 Å². The fourth-order valence-corrected chi connectivity index (χ4v) is 7.43. The molecular weight excluding hydrogens is 650 g/mol. The zero-order valence-corrected chi connectivity index (χ0v) is 25.5. The number of anilines is 2. The van der Waals surface area contributed by atoms with Crippen LogP contribution in [0.15, 0.2) is 23.8 Å². The largest absolute Gasteiger partial charge is 0.394 e. The third kappa shape index (κ3) is 6.19. The number of H-pyrrole nitrogens is 1. The quantitative estimate of drug-likeness (QED) is 0.100. The molecule has 2 saturated heterocycles. The maximum atomic E-state index is 13.4. The number of aliphatic hydroxyl groups is 1. The van der Waals surface area contributed by atoms with E-state index < -0.39 is 56.5 Å². The zero-order valence-electron chi connectivity index (χ0n) is 21.9. The summed E-state index contributed by atoms with van der Waals surface area (Å²) in [5, 5.41) is 9.73. The number of ether oxygens (including phenoxy) is 2. The van der Waals surface area contributed by atoms with Crippen molar-refractivity contribution in [3.63, 3.8) is 0 Å². The Bertz CT molecular complexity index is 1790. The minimum absolute atomic E-state index is 0.00317. The summed E-state index contributed by atoms with van der Waals surface area (Å²) in [6.07, 6.45) is -0.638. The SMILES string of the molecule is Nc1nc2c(ncn2[C@@H]2O[C@H](CO)C[C@@H]2OP(=O)(S)OC[C@H]2O[C@@H](n3cnc4c(N)ncnc43)C[C@@H]2O[PH](=O)S)c(=O)[nH]1. The highest BCUT2D eigenvalue weighted by atomic mass is 32.7. The second-order valence-electron chi connectivity index (χ2n) is 9.62. The summed E-state index contributed by atoms with van der Waals surface area (Å²) in [6, 6.07) is 0. The van der Waals surface area contributed by atoms with Crippen molar-refractivity contribution in [3.05, 3.63) is 29.3 Å². The van der Waals surface area contributed by atoms with Gasteiger partial charge in [-0.2, -0.15) is 4.98 Å². The third-order valence-electron chi connectivity index (χ3n) is 6.87. The van der Waals surface area contributed by atoms with Crippen LogP contribution < -0.4 is 17.0 Å². The van der Waals surface area contributed by atoms with E-state index in [1.807, 2.05) is 0 Å². The summed E-state index contributed by atoms with van der Waals surface area (Å²) in [7, 11) is -2.70. The molecule has 43 heavy (non-hydrogen) atoms. The Morgan fingerprint density at radius 1 is 1.12 bits per heavy atom. The fraction of sp³-hybridized carbons (Fsp3) is 0.500. The highest BCUT2D eigenvalue weighted by Gasteiger charge is 2.44. The van der Waals surface area contributed by atoms with Gasteiger partial charge in [0.25, 0.3) is 5.56 Å². The Kier molecular flexibility index (Phi) is 8.55. The van der Waals surface area contributed by atoms with E-state index in [2.05, 4.69) is 54.4 Å². The summed E-state index contributed by atoms with van der Waals surface area (Å²) in [5.41, 5.74) is 11.9. The second-order valence-corrected chi connectivity index (χ2v) is 14.4. The summed E-state index contributed by atoms with van der Waals surface area (Å²) in [6.45, 7) is -4.83. The number of imidazole rings is 2. The van der Waals surface area contributed by atoms with Gasteiger partial charge in [0.05, 0.1) is 38.1 Å². The van der Waals surface area contributed by atoms with Crippen LogP contribution in [0.4, 0.5) is 11.8 Å². The van der Waals surface area contributed by atoms with Crippen LogP contribution in [-0.2, 0) is 32.2 Å². The Morgan fingerprint density at radius 3 is 2.65 bits per heavy atom. The van der Waals surface area contributed by atoms with Gasteiger partial charge in [0, 0.05) is 12.8 Å². The van der Waals surface area contributed by atoms with Gasteiger partial charge >= 0.3 is 6.80 Å². The highest BCUT2D eigenvalue weighted by Crippen LogP contribution is 2.57. The molecule has 6 rings (SSSR count). The average molecular weight is 677 g/mol. The lowest BCUT2D eigenvalue weighted by Gasteiger charge is -2.24. The molecule has 0 amide bonds. The smallest absolute Gasteiger partial charge is 0.386 e. The molecule has 0 bridgehead atoms. The van der Waals surface area contributed by atoms with E-state index in [1.165, 1.54) is 23.5 Å². The van der Waals surface area contributed by atoms with Crippen molar-refractivity contribution in [1.29, 1.82) is 0 Å². The number of aliphatic hydroxyl groups excluding tert-OH is 1. The van der Waals surface area contributed by atoms with Gasteiger partial charge in [0.2, 0.25) is 13.2 Å². The van der Waals surface area contributed by atoms with Crippen LogP contribution in [0.3, 0.4) is 0 Å². The normalized spacial score (nSPS) is 28.1. The lowest BCUT2D eigenvalue weighted by Crippen LogP contribution is -2.27. The number of nitrogens with two attached hydrogens (primary N) is 2. The predicted molar refractivity (Wildman–Crippen MR) is 157 cm³/mol. The number of aromatic amines is 1. The van der Waals surface area contributed by atoms with Crippen LogP contribution in [-0.4, -0.2) is 81.8 Å². The Balaban J connectivity index is 1.18. The number of nitrogens with zero attached hydrogens (tertiary/aromatic N) is 7. The molecule has 23 heteroatoms. The summed E-state index contributed by atoms with van der Waals surface area (Å²) in [4.78, 5) is 35.1. The molecule has 0 saturated carbocycles. The summed E-state index contributed by atoms with van der Waals surface area (Å²) >= 11 is 8.03. The molecular formula is C20H26N10O9P2S2. The molecule has 4 aromatic rings. The number of hydrogen-bond acceptors (Lipinski definition) is 16. The molecule has 0 aliphatic carbocycles. The second kappa shape index (κ2) is 12.1. The number of hydrogen-bond donors (Lipinski definition) is 6.